The third kappa shape index (κ3) is 2.93. The predicted octanol–water partition coefficient (Wildman–Crippen LogP) is 4.14. The number of nitro groups is 2. The van der Waals surface area contributed by atoms with E-state index >= 15 is 0 Å². The van der Waals surface area contributed by atoms with Crippen LogP contribution in [0.5, 0.6) is 0 Å². The van der Waals surface area contributed by atoms with Crippen molar-refractivity contribution in [1.82, 2.24) is 4.98 Å². The number of halogens is 1. The Morgan fingerprint density at radius 1 is 1.08 bits per heavy atom. The highest BCUT2D eigenvalue weighted by molar-refractivity contribution is 6.30. The minimum Gasteiger partial charge on any atom is -0.361 e. The summed E-state index contributed by atoms with van der Waals surface area (Å²) in [6.45, 7) is -0.469. The van der Waals surface area contributed by atoms with Crippen LogP contribution in [0.3, 0.4) is 0 Å². The topological polar surface area (TPSA) is 102 Å². The lowest BCUT2D eigenvalue weighted by atomic mass is 9.90. The molecular weight excluding hydrogens is 334 g/mol. The van der Waals surface area contributed by atoms with Crippen LogP contribution in [0.2, 0.25) is 5.02 Å². The second-order valence-corrected chi connectivity index (χ2v) is 5.75. The molecule has 3 aromatic rings. The highest BCUT2D eigenvalue weighted by atomic mass is 35.5. The molecule has 0 radical (unpaired) electrons. The number of benzene rings is 2. The van der Waals surface area contributed by atoms with Gasteiger partial charge in [-0.3, -0.25) is 20.2 Å². The fourth-order valence-corrected chi connectivity index (χ4v) is 3.05. The first kappa shape index (κ1) is 15.9. The van der Waals surface area contributed by atoms with Crippen LogP contribution >= 0.6 is 11.6 Å². The third-order valence-electron chi connectivity index (χ3n) is 3.89. The van der Waals surface area contributed by atoms with E-state index in [1.807, 2.05) is 24.3 Å². The molecule has 1 aromatic heterocycles. The molecule has 0 aliphatic carbocycles. The van der Waals surface area contributed by atoms with Gasteiger partial charge in [-0.15, -0.1) is 0 Å². The third-order valence-corrected chi connectivity index (χ3v) is 4.13. The summed E-state index contributed by atoms with van der Waals surface area (Å²) < 4.78 is 0. The van der Waals surface area contributed by atoms with E-state index in [1.165, 1.54) is 18.2 Å². The lowest BCUT2D eigenvalue weighted by Gasteiger charge is -2.13. The van der Waals surface area contributed by atoms with Gasteiger partial charge in [0.1, 0.15) is 0 Å². The zero-order valence-electron chi connectivity index (χ0n) is 12.3. The van der Waals surface area contributed by atoms with Gasteiger partial charge in [0.2, 0.25) is 6.54 Å². The number of rotatable bonds is 5. The molecule has 0 fully saturated rings. The molecule has 0 aliphatic heterocycles. The highest BCUT2D eigenvalue weighted by Crippen LogP contribution is 2.37. The van der Waals surface area contributed by atoms with Gasteiger partial charge in [0.25, 0.3) is 5.69 Å². The molecule has 24 heavy (non-hydrogen) atoms. The number of nitrogens with one attached hydrogen (secondary N) is 1. The van der Waals surface area contributed by atoms with Gasteiger partial charge >= 0.3 is 0 Å². The standard InChI is InChI=1S/C16H12ClN3O4/c17-10-5-6-16(20(23)24)12(7-10)14(9-19(21)22)13-8-18-15-4-2-1-3-11(13)15/h1-8,14,18H,9H2. The van der Waals surface area contributed by atoms with Crippen LogP contribution < -0.4 is 0 Å². The molecule has 2 aromatic carbocycles. The Hall–Kier alpha value is -2.93. The van der Waals surface area contributed by atoms with Crippen molar-refractivity contribution in [3.63, 3.8) is 0 Å². The maximum atomic E-state index is 11.3. The van der Waals surface area contributed by atoms with Crippen molar-refractivity contribution >= 4 is 28.2 Å². The summed E-state index contributed by atoms with van der Waals surface area (Å²) in [7, 11) is 0. The van der Waals surface area contributed by atoms with Gasteiger partial charge in [0.15, 0.2) is 0 Å². The number of hydrogen-bond acceptors (Lipinski definition) is 4. The van der Waals surface area contributed by atoms with Gasteiger partial charge in [-0.2, -0.15) is 0 Å². The molecule has 1 N–H and O–H groups in total. The van der Waals surface area contributed by atoms with E-state index in [-0.39, 0.29) is 11.3 Å². The Morgan fingerprint density at radius 3 is 2.54 bits per heavy atom. The number of aromatic amines is 1. The molecule has 122 valence electrons. The van der Waals surface area contributed by atoms with Gasteiger partial charge in [0.05, 0.1) is 10.8 Å². The number of hydrogen-bond donors (Lipinski definition) is 1. The fraction of sp³-hybridized carbons (Fsp3) is 0.125. The van der Waals surface area contributed by atoms with Crippen molar-refractivity contribution in [2.24, 2.45) is 0 Å². The first-order valence-electron chi connectivity index (χ1n) is 7.09. The first-order valence-corrected chi connectivity index (χ1v) is 7.47. The number of nitro benzene ring substituents is 1. The number of para-hydroxylation sites is 1. The van der Waals surface area contributed by atoms with E-state index < -0.39 is 22.3 Å². The van der Waals surface area contributed by atoms with E-state index in [9.17, 15) is 20.2 Å². The minimum atomic E-state index is -0.782. The van der Waals surface area contributed by atoms with E-state index in [0.717, 1.165) is 10.9 Å². The lowest BCUT2D eigenvalue weighted by molar-refractivity contribution is -0.482. The Bertz CT molecular complexity index is 938. The van der Waals surface area contributed by atoms with E-state index in [0.29, 0.717) is 10.6 Å². The fourth-order valence-electron chi connectivity index (χ4n) is 2.87. The average molecular weight is 346 g/mol. The van der Waals surface area contributed by atoms with Crippen LogP contribution in [0.15, 0.2) is 48.7 Å². The smallest absolute Gasteiger partial charge is 0.273 e. The Kier molecular flexibility index (Phi) is 4.18. The van der Waals surface area contributed by atoms with Gasteiger partial charge in [-0.25, -0.2) is 0 Å². The summed E-state index contributed by atoms with van der Waals surface area (Å²) in [5.41, 5.74) is 1.49. The number of fused-ring (bicyclic) bond motifs is 1. The largest absolute Gasteiger partial charge is 0.361 e. The van der Waals surface area contributed by atoms with Crippen molar-refractivity contribution in [2.45, 2.75) is 5.92 Å². The molecule has 0 saturated carbocycles. The molecule has 7 nitrogen and oxygen atoms in total. The summed E-state index contributed by atoms with van der Waals surface area (Å²) in [4.78, 5) is 24.5. The summed E-state index contributed by atoms with van der Waals surface area (Å²) in [5, 5.41) is 23.6. The number of nitrogens with zero attached hydrogens (tertiary/aromatic N) is 2. The van der Waals surface area contributed by atoms with E-state index in [4.69, 9.17) is 11.6 Å². The maximum absolute atomic E-state index is 11.3. The minimum absolute atomic E-state index is 0.184. The van der Waals surface area contributed by atoms with Crippen LogP contribution in [0, 0.1) is 20.2 Å². The molecule has 3 rings (SSSR count). The summed E-state index contributed by atoms with van der Waals surface area (Å²) in [6.07, 6.45) is 1.66. The summed E-state index contributed by atoms with van der Waals surface area (Å²) in [5.74, 6) is -0.782. The maximum Gasteiger partial charge on any atom is 0.273 e. The first-order chi connectivity index (χ1) is 11.5. The average Bonchev–Trinajstić information content (AvgIpc) is 2.96. The van der Waals surface area contributed by atoms with Crippen LogP contribution in [0.25, 0.3) is 10.9 Å². The van der Waals surface area contributed by atoms with Crippen molar-refractivity contribution in [3.05, 3.63) is 85.0 Å². The number of H-pyrrole nitrogens is 1. The zero-order chi connectivity index (χ0) is 17.3. The molecule has 1 unspecified atom stereocenters. The predicted molar refractivity (Wildman–Crippen MR) is 90.1 cm³/mol. The molecule has 8 heteroatoms. The molecule has 0 spiro atoms. The van der Waals surface area contributed by atoms with Crippen LogP contribution in [-0.2, 0) is 0 Å². The van der Waals surface area contributed by atoms with Gasteiger partial charge < -0.3 is 4.98 Å². The molecular formula is C16H12ClN3O4. The second kappa shape index (κ2) is 6.29. The normalized spacial score (nSPS) is 12.2. The Balaban J connectivity index is 2.23. The molecule has 0 aliphatic rings. The van der Waals surface area contributed by atoms with Crippen LogP contribution in [-0.4, -0.2) is 21.4 Å². The molecule has 0 amide bonds. The second-order valence-electron chi connectivity index (χ2n) is 5.32. The SMILES string of the molecule is O=[N+]([O-])CC(c1cc(Cl)ccc1[N+](=O)[O-])c1c[nH]c2ccccc12. The Labute approximate surface area is 141 Å². The van der Waals surface area contributed by atoms with Gasteiger partial charge in [-0.1, -0.05) is 29.8 Å². The summed E-state index contributed by atoms with van der Waals surface area (Å²) in [6, 6.07) is 11.4. The lowest BCUT2D eigenvalue weighted by Crippen LogP contribution is -2.15. The van der Waals surface area contributed by atoms with Crippen molar-refractivity contribution in [1.29, 1.82) is 0 Å². The molecule has 0 bridgehead atoms. The molecule has 1 atom stereocenters. The monoisotopic (exact) mass is 345 g/mol. The van der Waals surface area contributed by atoms with Crippen molar-refractivity contribution in [3.8, 4) is 0 Å². The molecule has 0 saturated heterocycles. The quantitative estimate of drug-likeness (QED) is 0.554. The van der Waals surface area contributed by atoms with E-state index in [2.05, 4.69) is 4.98 Å². The van der Waals surface area contributed by atoms with Crippen LogP contribution in [0.1, 0.15) is 17.0 Å². The van der Waals surface area contributed by atoms with E-state index in [1.54, 1.807) is 6.20 Å². The zero-order valence-corrected chi connectivity index (χ0v) is 13.1. The molecule has 1 heterocycles. The van der Waals surface area contributed by atoms with Crippen molar-refractivity contribution in [2.75, 3.05) is 6.54 Å². The van der Waals surface area contributed by atoms with Crippen LogP contribution in [0.4, 0.5) is 5.69 Å². The Morgan fingerprint density at radius 2 is 1.83 bits per heavy atom. The van der Waals surface area contributed by atoms with Gasteiger partial charge in [-0.05, 0) is 23.8 Å². The number of aromatic nitrogens is 1. The highest BCUT2D eigenvalue weighted by Gasteiger charge is 2.29. The summed E-state index contributed by atoms with van der Waals surface area (Å²) >= 11 is 5.98. The van der Waals surface area contributed by atoms with Crippen molar-refractivity contribution < 1.29 is 9.85 Å². The van der Waals surface area contributed by atoms with Gasteiger partial charge in [0, 0.05) is 38.7 Å².